The van der Waals surface area contributed by atoms with Crippen LogP contribution in [-0.4, -0.2) is 26.6 Å². The smallest absolute Gasteiger partial charge is 0.175 e. The number of carbonyl (C=O) groups is 1. The molecule has 1 aliphatic heterocycles. The maximum atomic E-state index is 13.4. The van der Waals surface area contributed by atoms with Crippen molar-refractivity contribution in [3.63, 3.8) is 0 Å². The Morgan fingerprint density at radius 1 is 1.47 bits per heavy atom. The lowest BCUT2D eigenvalue weighted by atomic mass is 10.1. The van der Waals surface area contributed by atoms with Gasteiger partial charge in [-0.3, -0.25) is 4.79 Å². The molecule has 1 aromatic rings. The first-order valence-corrected chi connectivity index (χ1v) is 4.39. The fourth-order valence-corrected chi connectivity index (χ4v) is 1.48. The van der Waals surface area contributed by atoms with Crippen LogP contribution in [-0.2, 0) is 0 Å². The number of aldehydes is 1. The largest absolute Gasteiger partial charge is 0.493 e. The molecule has 0 unspecified atom stereocenters. The summed E-state index contributed by atoms with van der Waals surface area (Å²) in [4.78, 5) is 10.8. The number of ether oxygens (including phenoxy) is 3. The third kappa shape index (κ3) is 1.49. The lowest BCUT2D eigenvalue weighted by molar-refractivity contribution is 0.110. The van der Waals surface area contributed by atoms with E-state index in [4.69, 9.17) is 14.2 Å². The van der Waals surface area contributed by atoms with Crippen LogP contribution in [0.2, 0.25) is 0 Å². The van der Waals surface area contributed by atoms with E-state index >= 15 is 0 Å². The predicted molar refractivity (Wildman–Crippen MR) is 49.3 cm³/mol. The second-order valence-corrected chi connectivity index (χ2v) is 2.95. The summed E-state index contributed by atoms with van der Waals surface area (Å²) in [6, 6.07) is 1.15. The van der Waals surface area contributed by atoms with Crippen LogP contribution in [0.4, 0.5) is 4.39 Å². The molecule has 0 atom stereocenters. The summed E-state index contributed by atoms with van der Waals surface area (Å²) in [7, 11) is 1.29. The average molecular weight is 212 g/mol. The Morgan fingerprint density at radius 3 is 2.87 bits per heavy atom. The molecule has 1 aliphatic rings. The Labute approximate surface area is 85.6 Å². The van der Waals surface area contributed by atoms with Crippen LogP contribution in [0.3, 0.4) is 0 Å². The normalized spacial score (nSPS) is 13.5. The Hall–Kier alpha value is -1.78. The van der Waals surface area contributed by atoms with Crippen LogP contribution in [0, 0.1) is 5.82 Å². The van der Waals surface area contributed by atoms with E-state index in [1.54, 1.807) is 0 Å². The van der Waals surface area contributed by atoms with Crippen molar-refractivity contribution in [2.24, 2.45) is 0 Å². The molecule has 0 N–H and O–H groups in total. The minimum Gasteiger partial charge on any atom is -0.493 e. The molecule has 80 valence electrons. The van der Waals surface area contributed by atoms with Gasteiger partial charge in [-0.1, -0.05) is 0 Å². The van der Waals surface area contributed by atoms with Gasteiger partial charge in [0.15, 0.2) is 29.4 Å². The monoisotopic (exact) mass is 212 g/mol. The molecular formula is C10H9FO4. The fraction of sp³-hybridized carbons (Fsp3) is 0.300. The molecule has 4 nitrogen and oxygen atoms in total. The van der Waals surface area contributed by atoms with Crippen LogP contribution in [0.15, 0.2) is 6.07 Å². The van der Waals surface area contributed by atoms with Crippen molar-refractivity contribution in [3.05, 3.63) is 17.4 Å². The standard InChI is InChI=1S/C10H9FO4/c1-13-9-6(5-12)10-8(4-7(9)11)14-2-3-15-10/h4-5H,2-3H2,1H3. The summed E-state index contributed by atoms with van der Waals surface area (Å²) in [6.07, 6.45) is 0.495. The van der Waals surface area contributed by atoms with Crippen molar-refractivity contribution < 1.29 is 23.4 Å². The van der Waals surface area contributed by atoms with Gasteiger partial charge in [-0.05, 0) is 0 Å². The Balaban J connectivity index is 2.64. The molecule has 1 heterocycles. The molecule has 0 saturated heterocycles. The molecule has 0 aromatic heterocycles. The molecular weight excluding hydrogens is 203 g/mol. The summed E-state index contributed by atoms with van der Waals surface area (Å²) in [5.74, 6) is -0.269. The minimum atomic E-state index is -0.635. The highest BCUT2D eigenvalue weighted by Gasteiger charge is 2.23. The van der Waals surface area contributed by atoms with E-state index in [0.29, 0.717) is 19.5 Å². The molecule has 0 radical (unpaired) electrons. The highest BCUT2D eigenvalue weighted by atomic mass is 19.1. The first-order valence-electron chi connectivity index (χ1n) is 4.39. The molecule has 0 amide bonds. The number of hydrogen-bond acceptors (Lipinski definition) is 4. The number of hydrogen-bond donors (Lipinski definition) is 0. The minimum absolute atomic E-state index is 0.0483. The zero-order valence-electron chi connectivity index (χ0n) is 8.08. The van der Waals surface area contributed by atoms with Gasteiger partial charge < -0.3 is 14.2 Å². The van der Waals surface area contributed by atoms with E-state index in [0.717, 1.165) is 6.07 Å². The maximum absolute atomic E-state index is 13.4. The van der Waals surface area contributed by atoms with Crippen molar-refractivity contribution in [1.29, 1.82) is 0 Å². The van der Waals surface area contributed by atoms with Crippen LogP contribution in [0.5, 0.6) is 17.2 Å². The van der Waals surface area contributed by atoms with Crippen LogP contribution >= 0.6 is 0 Å². The van der Waals surface area contributed by atoms with E-state index < -0.39 is 5.82 Å². The van der Waals surface area contributed by atoms with Gasteiger partial charge in [0.25, 0.3) is 0 Å². The van der Waals surface area contributed by atoms with E-state index in [2.05, 4.69) is 0 Å². The topological polar surface area (TPSA) is 44.8 Å². The highest BCUT2D eigenvalue weighted by molar-refractivity contribution is 5.85. The van der Waals surface area contributed by atoms with Crippen molar-refractivity contribution in [2.45, 2.75) is 0 Å². The number of rotatable bonds is 2. The van der Waals surface area contributed by atoms with Gasteiger partial charge in [0.1, 0.15) is 18.8 Å². The first-order chi connectivity index (χ1) is 7.27. The molecule has 0 bridgehead atoms. The third-order valence-corrected chi connectivity index (χ3v) is 2.10. The van der Waals surface area contributed by atoms with Gasteiger partial charge in [0.2, 0.25) is 0 Å². The zero-order chi connectivity index (χ0) is 10.8. The van der Waals surface area contributed by atoms with Crippen molar-refractivity contribution in [1.82, 2.24) is 0 Å². The SMILES string of the molecule is COc1c(F)cc2c(c1C=O)OCCO2. The molecule has 1 aromatic carbocycles. The lowest BCUT2D eigenvalue weighted by Gasteiger charge is -2.21. The van der Waals surface area contributed by atoms with Crippen LogP contribution < -0.4 is 14.2 Å². The summed E-state index contributed by atoms with van der Waals surface area (Å²) >= 11 is 0. The van der Waals surface area contributed by atoms with Crippen molar-refractivity contribution in [2.75, 3.05) is 20.3 Å². The van der Waals surface area contributed by atoms with Gasteiger partial charge in [-0.15, -0.1) is 0 Å². The second-order valence-electron chi connectivity index (χ2n) is 2.95. The summed E-state index contributed by atoms with van der Waals surface area (Å²) in [5.41, 5.74) is 0.0483. The summed E-state index contributed by atoms with van der Waals surface area (Å²) in [5, 5.41) is 0. The van der Waals surface area contributed by atoms with Crippen molar-refractivity contribution >= 4 is 6.29 Å². The van der Waals surface area contributed by atoms with Gasteiger partial charge in [0, 0.05) is 6.07 Å². The molecule has 0 spiro atoms. The molecule has 15 heavy (non-hydrogen) atoms. The summed E-state index contributed by atoms with van der Waals surface area (Å²) in [6.45, 7) is 0.680. The fourth-order valence-electron chi connectivity index (χ4n) is 1.48. The number of carbonyl (C=O) groups excluding carboxylic acids is 1. The number of benzene rings is 1. The molecule has 0 fully saturated rings. The predicted octanol–water partition coefficient (Wildman–Crippen LogP) is 1.42. The second kappa shape index (κ2) is 3.76. The van der Waals surface area contributed by atoms with Crippen LogP contribution in [0.1, 0.15) is 10.4 Å². The van der Waals surface area contributed by atoms with Gasteiger partial charge >= 0.3 is 0 Å². The van der Waals surface area contributed by atoms with Gasteiger partial charge in [0.05, 0.1) is 7.11 Å². The molecule has 2 rings (SSSR count). The maximum Gasteiger partial charge on any atom is 0.175 e. The summed E-state index contributed by atoms with van der Waals surface area (Å²) < 4.78 is 28.6. The lowest BCUT2D eigenvalue weighted by Crippen LogP contribution is -2.17. The van der Waals surface area contributed by atoms with Crippen molar-refractivity contribution in [3.8, 4) is 17.2 Å². The molecule has 0 saturated carbocycles. The van der Waals surface area contributed by atoms with E-state index in [9.17, 15) is 9.18 Å². The third-order valence-electron chi connectivity index (χ3n) is 2.10. The van der Waals surface area contributed by atoms with E-state index in [-0.39, 0.29) is 22.8 Å². The van der Waals surface area contributed by atoms with Crippen LogP contribution in [0.25, 0.3) is 0 Å². The average Bonchev–Trinajstić information content (AvgIpc) is 2.27. The first kappa shape index (κ1) is 9.76. The zero-order valence-corrected chi connectivity index (χ0v) is 8.08. The Morgan fingerprint density at radius 2 is 2.20 bits per heavy atom. The van der Waals surface area contributed by atoms with Gasteiger partial charge in [-0.25, -0.2) is 4.39 Å². The van der Waals surface area contributed by atoms with E-state index in [1.807, 2.05) is 0 Å². The quantitative estimate of drug-likeness (QED) is 0.695. The highest BCUT2D eigenvalue weighted by Crippen LogP contribution is 2.40. The van der Waals surface area contributed by atoms with E-state index in [1.165, 1.54) is 7.11 Å². The molecule has 0 aliphatic carbocycles. The molecule has 5 heteroatoms. The Kier molecular flexibility index (Phi) is 2.45. The number of methoxy groups -OCH3 is 1. The number of fused-ring (bicyclic) bond motifs is 1. The number of halogens is 1. The Bertz CT molecular complexity index is 403. The van der Waals surface area contributed by atoms with Gasteiger partial charge in [-0.2, -0.15) is 0 Å².